The van der Waals surface area contributed by atoms with E-state index in [1.165, 1.54) is 16.4 Å². The van der Waals surface area contributed by atoms with Crippen molar-refractivity contribution in [3.05, 3.63) is 107 Å². The van der Waals surface area contributed by atoms with Gasteiger partial charge in [0.1, 0.15) is 28.8 Å². The molecule has 2 aromatic carbocycles. The smallest absolute Gasteiger partial charge is 0.245 e. The number of para-hydroxylation sites is 1. The van der Waals surface area contributed by atoms with Gasteiger partial charge in [-0.25, -0.2) is 18.4 Å². The van der Waals surface area contributed by atoms with Crippen molar-refractivity contribution in [3.8, 4) is 11.4 Å². The van der Waals surface area contributed by atoms with E-state index in [1.807, 2.05) is 54.1 Å². The van der Waals surface area contributed by atoms with Gasteiger partial charge in [-0.1, -0.05) is 41.4 Å². The lowest BCUT2D eigenvalue weighted by Crippen LogP contribution is -2.54. The molecule has 49 heavy (non-hydrogen) atoms. The van der Waals surface area contributed by atoms with Crippen LogP contribution < -0.4 is 4.74 Å². The van der Waals surface area contributed by atoms with Crippen LogP contribution in [-0.2, 0) is 28.0 Å². The molecule has 11 nitrogen and oxygen atoms in total. The maximum absolute atomic E-state index is 14.2. The zero-order valence-electron chi connectivity index (χ0n) is 26.9. The Morgan fingerprint density at radius 3 is 2.59 bits per heavy atom. The lowest BCUT2D eigenvalue weighted by atomic mass is 10.1. The molecule has 5 aromatic rings. The van der Waals surface area contributed by atoms with Gasteiger partial charge in [0.05, 0.1) is 22.7 Å². The van der Waals surface area contributed by atoms with Gasteiger partial charge >= 0.3 is 0 Å². The van der Waals surface area contributed by atoms with Crippen molar-refractivity contribution >= 4 is 50.0 Å². The average Bonchev–Trinajstić information content (AvgIpc) is 3.82. The van der Waals surface area contributed by atoms with Crippen LogP contribution >= 0.6 is 23.2 Å². The predicted molar refractivity (Wildman–Crippen MR) is 187 cm³/mol. The second kappa shape index (κ2) is 14.0. The Labute approximate surface area is 295 Å². The van der Waals surface area contributed by atoms with Crippen LogP contribution in [0.2, 0.25) is 10.0 Å². The third-order valence-corrected chi connectivity index (χ3v) is 11.9. The molecule has 0 N–H and O–H groups in total. The number of hydrogen-bond acceptors (Lipinski definition) is 8. The number of halogens is 2. The van der Waals surface area contributed by atoms with E-state index in [4.69, 9.17) is 32.9 Å². The number of ether oxygens (including phenoxy) is 1. The van der Waals surface area contributed by atoms with E-state index in [2.05, 4.69) is 14.9 Å². The van der Waals surface area contributed by atoms with Crippen molar-refractivity contribution in [2.45, 2.75) is 43.9 Å². The Balaban J connectivity index is 1.08. The molecular formula is C35H35Cl2N7O4S. The molecule has 1 unspecified atom stereocenters. The van der Waals surface area contributed by atoms with Crippen LogP contribution in [0.5, 0.6) is 5.75 Å². The van der Waals surface area contributed by atoms with Crippen LogP contribution in [0.4, 0.5) is 0 Å². The SMILES string of the molecule is Cc1cc(-n2ccnc2)c2cccc(OCc3c(Cl)ccc(S(=O)(=O)N4CCCC4C(=O)N4CCN(Cc5ccccn5)CC4)c3Cl)c2n1. The Bertz CT molecular complexity index is 2090. The van der Waals surface area contributed by atoms with Crippen LogP contribution in [0.3, 0.4) is 0 Å². The van der Waals surface area contributed by atoms with Gasteiger partial charge in [-0.15, -0.1) is 0 Å². The molecule has 2 saturated heterocycles. The summed E-state index contributed by atoms with van der Waals surface area (Å²) in [6.45, 7) is 5.15. The molecule has 2 fully saturated rings. The highest BCUT2D eigenvalue weighted by atomic mass is 35.5. The second-order valence-corrected chi connectivity index (χ2v) is 14.9. The van der Waals surface area contributed by atoms with Crippen LogP contribution in [0.25, 0.3) is 16.6 Å². The van der Waals surface area contributed by atoms with Crippen molar-refractivity contribution in [2.75, 3.05) is 32.7 Å². The molecule has 0 aliphatic carbocycles. The zero-order chi connectivity index (χ0) is 34.1. The lowest BCUT2D eigenvalue weighted by molar-refractivity contribution is -0.136. The number of carbonyl (C=O) groups is 1. The summed E-state index contributed by atoms with van der Waals surface area (Å²) in [5.41, 5.74) is 3.63. The van der Waals surface area contributed by atoms with E-state index in [0.29, 0.717) is 62.4 Å². The fourth-order valence-electron chi connectivity index (χ4n) is 6.58. The van der Waals surface area contributed by atoms with Crippen molar-refractivity contribution in [3.63, 3.8) is 0 Å². The van der Waals surface area contributed by atoms with E-state index in [0.717, 1.165) is 22.5 Å². The van der Waals surface area contributed by atoms with Crippen molar-refractivity contribution in [1.29, 1.82) is 0 Å². The monoisotopic (exact) mass is 719 g/mol. The van der Waals surface area contributed by atoms with Gasteiger partial charge in [0.2, 0.25) is 15.9 Å². The summed E-state index contributed by atoms with van der Waals surface area (Å²) in [7, 11) is -4.15. The van der Waals surface area contributed by atoms with Crippen molar-refractivity contribution < 1.29 is 17.9 Å². The quantitative estimate of drug-likeness (QED) is 0.196. The highest BCUT2D eigenvalue weighted by Crippen LogP contribution is 2.37. The molecule has 2 aliphatic rings. The Morgan fingerprint density at radius 1 is 1.00 bits per heavy atom. The Kier molecular flexibility index (Phi) is 9.58. The second-order valence-electron chi connectivity index (χ2n) is 12.2. The number of piperazine rings is 1. The summed E-state index contributed by atoms with van der Waals surface area (Å²) in [6.07, 6.45) is 8.08. The summed E-state index contributed by atoms with van der Waals surface area (Å²) in [6, 6.07) is 15.5. The van der Waals surface area contributed by atoms with Gasteiger partial charge in [-0.2, -0.15) is 4.31 Å². The summed E-state index contributed by atoms with van der Waals surface area (Å²) in [4.78, 5) is 31.0. The molecule has 14 heteroatoms. The first-order valence-electron chi connectivity index (χ1n) is 16.1. The highest BCUT2D eigenvalue weighted by Gasteiger charge is 2.42. The topological polar surface area (TPSA) is 114 Å². The number of imidazole rings is 1. The number of sulfonamides is 1. The fourth-order valence-corrected chi connectivity index (χ4v) is 9.09. The normalized spacial score (nSPS) is 17.5. The molecule has 5 heterocycles. The standard InChI is InChI=1S/C35H35Cl2N7O4S/c1-24-20-30(43-15-13-38-23-43)26-7-4-9-31(34(26)40-24)48-22-27-28(36)10-11-32(33(27)37)49(46,47)44-14-5-8-29(44)35(45)42-18-16-41(17-19-42)21-25-6-2-3-12-39-25/h2-4,6-7,9-13,15,20,23,29H,5,8,14,16-19,21-22H2,1H3. The van der Waals surface area contributed by atoms with Gasteiger partial charge in [0.15, 0.2) is 0 Å². The summed E-state index contributed by atoms with van der Waals surface area (Å²) in [5, 5.41) is 1.09. The molecule has 0 spiro atoms. The molecule has 7 rings (SSSR count). The number of fused-ring (bicyclic) bond motifs is 1. The first-order valence-corrected chi connectivity index (χ1v) is 18.3. The van der Waals surface area contributed by atoms with Crippen LogP contribution in [-0.4, -0.2) is 86.7 Å². The van der Waals surface area contributed by atoms with Gasteiger partial charge in [-0.05, 0) is 56.2 Å². The van der Waals surface area contributed by atoms with E-state index in [9.17, 15) is 13.2 Å². The number of aromatic nitrogens is 4. The Morgan fingerprint density at radius 2 is 1.84 bits per heavy atom. The van der Waals surface area contributed by atoms with E-state index in [1.54, 1.807) is 29.7 Å². The molecule has 0 bridgehead atoms. The molecule has 0 saturated carbocycles. The zero-order valence-corrected chi connectivity index (χ0v) is 29.2. The molecule has 0 radical (unpaired) electrons. The predicted octanol–water partition coefficient (Wildman–Crippen LogP) is 5.51. The Hall–Kier alpha value is -4.07. The lowest BCUT2D eigenvalue weighted by Gasteiger charge is -2.37. The molecular weight excluding hydrogens is 685 g/mol. The van der Waals surface area contributed by atoms with Gasteiger partial charge in [0.25, 0.3) is 0 Å². The van der Waals surface area contributed by atoms with Crippen molar-refractivity contribution in [1.82, 2.24) is 33.6 Å². The minimum Gasteiger partial charge on any atom is -0.487 e. The highest BCUT2D eigenvalue weighted by molar-refractivity contribution is 7.89. The number of nitrogens with zero attached hydrogens (tertiary/aromatic N) is 7. The number of pyridine rings is 2. The minimum absolute atomic E-state index is 0.0304. The summed E-state index contributed by atoms with van der Waals surface area (Å²) in [5.74, 6) is 0.314. The van der Waals surface area contributed by atoms with E-state index >= 15 is 0 Å². The third kappa shape index (κ3) is 6.75. The van der Waals surface area contributed by atoms with Gasteiger partial charge in [-0.3, -0.25) is 14.7 Å². The summed E-state index contributed by atoms with van der Waals surface area (Å²) >= 11 is 13.4. The van der Waals surface area contributed by atoms with Gasteiger partial charge in [0, 0.05) is 79.5 Å². The number of benzene rings is 2. The number of hydrogen-bond donors (Lipinski definition) is 0. The molecule has 254 valence electrons. The first-order chi connectivity index (χ1) is 23.7. The number of aryl methyl sites for hydroxylation is 1. The number of rotatable bonds is 9. The third-order valence-electron chi connectivity index (χ3n) is 9.09. The van der Waals surface area contributed by atoms with Crippen LogP contribution in [0.15, 0.2) is 84.4 Å². The van der Waals surface area contributed by atoms with Crippen LogP contribution in [0.1, 0.15) is 29.8 Å². The van der Waals surface area contributed by atoms with Crippen LogP contribution in [0, 0.1) is 6.92 Å². The van der Waals surface area contributed by atoms with E-state index < -0.39 is 16.1 Å². The van der Waals surface area contributed by atoms with Crippen molar-refractivity contribution in [2.24, 2.45) is 0 Å². The molecule has 1 atom stereocenters. The first kappa shape index (κ1) is 33.4. The maximum atomic E-state index is 14.2. The maximum Gasteiger partial charge on any atom is 0.245 e. The van der Waals surface area contributed by atoms with Gasteiger partial charge < -0.3 is 14.2 Å². The fraction of sp³-hybridized carbons (Fsp3) is 0.314. The number of amides is 1. The largest absolute Gasteiger partial charge is 0.487 e. The van der Waals surface area contributed by atoms with E-state index in [-0.39, 0.29) is 34.0 Å². The number of carbonyl (C=O) groups excluding carboxylic acids is 1. The average molecular weight is 721 g/mol. The molecule has 1 amide bonds. The molecule has 2 aliphatic heterocycles. The molecule has 3 aromatic heterocycles. The summed E-state index contributed by atoms with van der Waals surface area (Å²) < 4.78 is 37.8. The minimum atomic E-state index is -4.15.